The van der Waals surface area contributed by atoms with Crippen LogP contribution in [-0.4, -0.2) is 37.6 Å². The maximum absolute atomic E-state index is 6.41. The Labute approximate surface area is 189 Å². The lowest BCUT2D eigenvalue weighted by Crippen LogP contribution is -2.35. The molecule has 0 radical (unpaired) electrons. The lowest BCUT2D eigenvalue weighted by Gasteiger charge is -2.32. The summed E-state index contributed by atoms with van der Waals surface area (Å²) in [6, 6.07) is 23.6. The second-order valence-corrected chi connectivity index (χ2v) is 8.78. The lowest BCUT2D eigenvalue weighted by atomic mass is 10.1. The van der Waals surface area contributed by atoms with Crippen LogP contribution < -0.4 is 15.0 Å². The van der Waals surface area contributed by atoms with E-state index in [2.05, 4.69) is 69.7 Å². The monoisotopic (exact) mass is 433 g/mol. The minimum Gasteiger partial charge on any atom is -0.487 e. The van der Waals surface area contributed by atoms with Crippen molar-refractivity contribution in [2.45, 2.75) is 25.5 Å². The number of likely N-dealkylation sites (tertiary alicyclic amines) is 1. The number of nitrogens with zero attached hydrogens (tertiary/aromatic N) is 2. The first-order valence-corrected chi connectivity index (χ1v) is 11.4. The Morgan fingerprint density at radius 2 is 1.87 bits per heavy atom. The number of anilines is 3. The van der Waals surface area contributed by atoms with Crippen LogP contribution in [0, 0.1) is 0 Å². The number of hydrogen-bond acceptors (Lipinski definition) is 4. The number of para-hydroxylation sites is 2. The molecule has 5 rings (SSSR count). The number of hydrogen-bond donors (Lipinski definition) is 1. The predicted octanol–water partition coefficient (Wildman–Crippen LogP) is 5.73. The molecule has 0 spiro atoms. The summed E-state index contributed by atoms with van der Waals surface area (Å²) in [6.07, 6.45) is 2.19. The number of fused-ring (bicyclic) bond motifs is 2. The molecule has 4 nitrogen and oxygen atoms in total. The summed E-state index contributed by atoms with van der Waals surface area (Å²) in [4.78, 5) is 5.04. The molecule has 1 unspecified atom stereocenters. The first-order chi connectivity index (χ1) is 15.2. The largest absolute Gasteiger partial charge is 0.487 e. The molecule has 5 heteroatoms. The standard InChI is InChI=1S/C26H28ClN3O/c1-28-22-10-6-19(7-11-22)12-14-29-15-13-23(17-29)30-24-4-2-3-5-26(24)31-18-20-8-9-21(27)16-25(20)30/h2-11,16,23,28H,12-15,17-18H2,1H3. The van der Waals surface area contributed by atoms with Gasteiger partial charge in [-0.25, -0.2) is 0 Å². The Morgan fingerprint density at radius 3 is 2.71 bits per heavy atom. The average Bonchev–Trinajstić information content (AvgIpc) is 3.20. The van der Waals surface area contributed by atoms with Crippen LogP contribution in [0.4, 0.5) is 17.1 Å². The van der Waals surface area contributed by atoms with Crippen molar-refractivity contribution in [1.29, 1.82) is 0 Å². The van der Waals surface area contributed by atoms with Crippen molar-refractivity contribution in [3.05, 3.63) is 82.9 Å². The summed E-state index contributed by atoms with van der Waals surface area (Å²) in [6.45, 7) is 3.78. The van der Waals surface area contributed by atoms with Gasteiger partial charge < -0.3 is 19.9 Å². The van der Waals surface area contributed by atoms with Gasteiger partial charge >= 0.3 is 0 Å². The minimum absolute atomic E-state index is 0.395. The molecule has 0 saturated carbocycles. The Morgan fingerprint density at radius 1 is 1.03 bits per heavy atom. The second kappa shape index (κ2) is 8.81. The fourth-order valence-electron chi connectivity index (χ4n) is 4.69. The van der Waals surface area contributed by atoms with E-state index in [-0.39, 0.29) is 0 Å². The van der Waals surface area contributed by atoms with Crippen molar-refractivity contribution in [3.63, 3.8) is 0 Å². The molecule has 1 N–H and O–H groups in total. The van der Waals surface area contributed by atoms with Gasteiger partial charge in [0.25, 0.3) is 0 Å². The number of ether oxygens (including phenoxy) is 1. The SMILES string of the molecule is CNc1ccc(CCN2CCC(N3c4cc(Cl)ccc4COc4ccccc43)C2)cc1. The number of benzene rings is 3. The van der Waals surface area contributed by atoms with Crippen LogP contribution in [0.25, 0.3) is 0 Å². The van der Waals surface area contributed by atoms with Crippen molar-refractivity contribution in [3.8, 4) is 5.75 Å². The van der Waals surface area contributed by atoms with Gasteiger partial charge in [-0.2, -0.15) is 0 Å². The predicted molar refractivity (Wildman–Crippen MR) is 129 cm³/mol. The molecule has 2 heterocycles. The third kappa shape index (κ3) is 4.23. The molecule has 0 amide bonds. The van der Waals surface area contributed by atoms with Gasteiger partial charge in [0.2, 0.25) is 0 Å². The maximum Gasteiger partial charge on any atom is 0.143 e. The molecule has 1 atom stereocenters. The fraction of sp³-hybridized carbons (Fsp3) is 0.308. The molecule has 160 valence electrons. The zero-order chi connectivity index (χ0) is 21.2. The van der Waals surface area contributed by atoms with E-state index >= 15 is 0 Å². The summed E-state index contributed by atoms with van der Waals surface area (Å²) in [5.74, 6) is 0.942. The second-order valence-electron chi connectivity index (χ2n) is 8.34. The first kappa shape index (κ1) is 20.2. The highest BCUT2D eigenvalue weighted by Gasteiger charge is 2.32. The van der Waals surface area contributed by atoms with Gasteiger partial charge in [-0.1, -0.05) is 41.9 Å². The van der Waals surface area contributed by atoms with Crippen LogP contribution in [0.5, 0.6) is 5.75 Å². The number of nitrogens with one attached hydrogen (secondary N) is 1. The first-order valence-electron chi connectivity index (χ1n) is 11.0. The summed E-state index contributed by atoms with van der Waals surface area (Å²) in [5, 5.41) is 3.95. The average molecular weight is 434 g/mol. The molecule has 1 saturated heterocycles. The highest BCUT2D eigenvalue weighted by atomic mass is 35.5. The summed E-state index contributed by atoms with van der Waals surface area (Å²) in [7, 11) is 1.96. The zero-order valence-corrected chi connectivity index (χ0v) is 18.6. The smallest absolute Gasteiger partial charge is 0.143 e. The highest BCUT2D eigenvalue weighted by Crippen LogP contribution is 2.43. The van der Waals surface area contributed by atoms with E-state index in [1.165, 1.54) is 16.8 Å². The minimum atomic E-state index is 0.395. The number of rotatable bonds is 5. The van der Waals surface area contributed by atoms with Crippen molar-refractivity contribution in [2.24, 2.45) is 0 Å². The van der Waals surface area contributed by atoms with E-state index < -0.39 is 0 Å². The van der Waals surface area contributed by atoms with Gasteiger partial charge in [-0.15, -0.1) is 0 Å². The third-order valence-corrected chi connectivity index (χ3v) is 6.62. The Hall–Kier alpha value is -2.69. The molecule has 1 fully saturated rings. The van der Waals surface area contributed by atoms with Crippen LogP contribution in [0.15, 0.2) is 66.7 Å². The van der Waals surface area contributed by atoms with Gasteiger partial charge in [0.15, 0.2) is 0 Å². The number of halogens is 1. The van der Waals surface area contributed by atoms with E-state index in [1.807, 2.05) is 19.2 Å². The van der Waals surface area contributed by atoms with Gasteiger partial charge in [0.05, 0.1) is 5.69 Å². The molecule has 31 heavy (non-hydrogen) atoms. The van der Waals surface area contributed by atoms with Crippen molar-refractivity contribution < 1.29 is 4.74 Å². The van der Waals surface area contributed by atoms with E-state index in [0.717, 1.165) is 54.6 Å². The van der Waals surface area contributed by atoms with Crippen molar-refractivity contribution in [1.82, 2.24) is 4.90 Å². The van der Waals surface area contributed by atoms with Crippen LogP contribution in [0.2, 0.25) is 5.02 Å². The van der Waals surface area contributed by atoms with Gasteiger partial charge in [0, 0.05) is 54.7 Å². The Bertz CT molecular complexity index is 1050. The van der Waals surface area contributed by atoms with E-state index in [9.17, 15) is 0 Å². The molecular formula is C26H28ClN3O. The molecule has 0 aromatic heterocycles. The maximum atomic E-state index is 6.41. The van der Waals surface area contributed by atoms with Gasteiger partial charge in [-0.3, -0.25) is 0 Å². The summed E-state index contributed by atoms with van der Waals surface area (Å²) < 4.78 is 6.15. The van der Waals surface area contributed by atoms with Gasteiger partial charge in [0.1, 0.15) is 12.4 Å². The highest BCUT2D eigenvalue weighted by molar-refractivity contribution is 6.30. The van der Waals surface area contributed by atoms with E-state index in [1.54, 1.807) is 0 Å². The van der Waals surface area contributed by atoms with Crippen LogP contribution in [0.3, 0.4) is 0 Å². The molecule has 3 aromatic carbocycles. The van der Waals surface area contributed by atoms with Crippen LogP contribution in [0.1, 0.15) is 17.5 Å². The Balaban J connectivity index is 1.35. The van der Waals surface area contributed by atoms with Crippen LogP contribution >= 0.6 is 11.6 Å². The van der Waals surface area contributed by atoms with Crippen LogP contribution in [-0.2, 0) is 13.0 Å². The molecular weight excluding hydrogens is 406 g/mol. The third-order valence-electron chi connectivity index (χ3n) is 6.39. The molecule has 0 aliphatic carbocycles. The topological polar surface area (TPSA) is 27.7 Å². The van der Waals surface area contributed by atoms with E-state index in [0.29, 0.717) is 12.6 Å². The van der Waals surface area contributed by atoms with E-state index in [4.69, 9.17) is 16.3 Å². The fourth-order valence-corrected chi connectivity index (χ4v) is 4.86. The molecule has 3 aromatic rings. The molecule has 0 bridgehead atoms. The lowest BCUT2D eigenvalue weighted by molar-refractivity contribution is 0.310. The van der Waals surface area contributed by atoms with Gasteiger partial charge in [-0.05, 0) is 54.8 Å². The quantitative estimate of drug-likeness (QED) is 0.556. The van der Waals surface area contributed by atoms with Crippen molar-refractivity contribution in [2.75, 3.05) is 36.9 Å². The normalized spacial score (nSPS) is 18.1. The van der Waals surface area contributed by atoms with Crippen molar-refractivity contribution >= 4 is 28.7 Å². The summed E-state index contributed by atoms with van der Waals surface area (Å²) >= 11 is 6.41. The molecule has 2 aliphatic rings. The molecule has 2 aliphatic heterocycles. The zero-order valence-electron chi connectivity index (χ0n) is 17.9. The Kier molecular flexibility index (Phi) is 5.75. The summed E-state index contributed by atoms with van der Waals surface area (Å²) in [5.41, 5.74) is 6.03.